The molecule has 0 unspecified atom stereocenters. The Hall–Kier alpha value is -2.81. The van der Waals surface area contributed by atoms with E-state index in [-0.39, 0.29) is 5.57 Å². The van der Waals surface area contributed by atoms with E-state index >= 15 is 0 Å². The lowest BCUT2D eigenvalue weighted by molar-refractivity contribution is -0.112. The van der Waals surface area contributed by atoms with Crippen molar-refractivity contribution in [2.45, 2.75) is 6.92 Å². The first-order valence-electron chi connectivity index (χ1n) is 8.69. The van der Waals surface area contributed by atoms with E-state index in [4.69, 9.17) is 16.3 Å². The third-order valence-corrected chi connectivity index (χ3v) is 4.87. The molecule has 0 aromatic heterocycles. The van der Waals surface area contributed by atoms with Crippen molar-refractivity contribution in [1.29, 1.82) is 5.26 Å². The van der Waals surface area contributed by atoms with E-state index < -0.39 is 5.91 Å². The van der Waals surface area contributed by atoms with Gasteiger partial charge in [-0.3, -0.25) is 4.79 Å². The SMILES string of the molecule is Cc1c(Cl)cccc1NC(=O)/C(C#N)=C\c1ccc(N2CCOCC2)cc1. The second-order valence-corrected chi connectivity index (χ2v) is 6.63. The number of rotatable bonds is 4. The van der Waals surface area contributed by atoms with Crippen molar-refractivity contribution < 1.29 is 9.53 Å². The van der Waals surface area contributed by atoms with E-state index in [1.165, 1.54) is 0 Å². The van der Waals surface area contributed by atoms with Gasteiger partial charge in [-0.1, -0.05) is 29.8 Å². The van der Waals surface area contributed by atoms with Crippen LogP contribution in [0.15, 0.2) is 48.0 Å². The van der Waals surface area contributed by atoms with Crippen molar-refractivity contribution in [1.82, 2.24) is 0 Å². The van der Waals surface area contributed by atoms with Gasteiger partial charge in [-0.15, -0.1) is 0 Å². The summed E-state index contributed by atoms with van der Waals surface area (Å²) in [4.78, 5) is 14.7. The standard InChI is InChI=1S/C21H20ClN3O2/c1-15-19(22)3-2-4-20(15)24-21(26)17(14-23)13-16-5-7-18(8-6-16)25-9-11-27-12-10-25/h2-8,13H,9-12H2,1H3,(H,24,26)/b17-13-. The second kappa shape index (κ2) is 8.72. The molecule has 1 amide bonds. The number of benzene rings is 2. The van der Waals surface area contributed by atoms with E-state index in [0.717, 1.165) is 43.1 Å². The lowest BCUT2D eigenvalue weighted by Gasteiger charge is -2.28. The zero-order valence-electron chi connectivity index (χ0n) is 15.0. The molecule has 1 N–H and O–H groups in total. The predicted molar refractivity (Wildman–Crippen MR) is 108 cm³/mol. The molecule has 0 radical (unpaired) electrons. The van der Waals surface area contributed by atoms with Gasteiger partial charge in [-0.2, -0.15) is 5.26 Å². The third-order valence-electron chi connectivity index (χ3n) is 4.46. The number of carbonyl (C=O) groups is 1. The van der Waals surface area contributed by atoms with Crippen LogP contribution in [0.4, 0.5) is 11.4 Å². The summed E-state index contributed by atoms with van der Waals surface area (Å²) < 4.78 is 5.36. The molecule has 1 fully saturated rings. The Bertz CT molecular complexity index is 895. The Morgan fingerprint density at radius 3 is 2.59 bits per heavy atom. The summed E-state index contributed by atoms with van der Waals surface area (Å²) in [6, 6.07) is 15.0. The molecule has 0 bridgehead atoms. The van der Waals surface area contributed by atoms with Crippen LogP contribution in [-0.2, 0) is 9.53 Å². The Morgan fingerprint density at radius 1 is 1.22 bits per heavy atom. The fourth-order valence-electron chi connectivity index (χ4n) is 2.85. The van der Waals surface area contributed by atoms with E-state index in [0.29, 0.717) is 10.7 Å². The van der Waals surface area contributed by atoms with Crippen molar-refractivity contribution >= 4 is 35.0 Å². The van der Waals surface area contributed by atoms with Crippen molar-refractivity contribution in [3.05, 3.63) is 64.2 Å². The quantitative estimate of drug-likeness (QED) is 0.641. The Labute approximate surface area is 163 Å². The second-order valence-electron chi connectivity index (χ2n) is 6.23. The van der Waals surface area contributed by atoms with Gasteiger partial charge < -0.3 is 15.0 Å². The molecule has 1 aliphatic heterocycles. The van der Waals surface area contributed by atoms with Gasteiger partial charge in [0.15, 0.2) is 0 Å². The van der Waals surface area contributed by atoms with E-state index in [2.05, 4.69) is 10.2 Å². The van der Waals surface area contributed by atoms with Crippen LogP contribution in [0.1, 0.15) is 11.1 Å². The van der Waals surface area contributed by atoms with E-state index in [1.54, 1.807) is 24.3 Å². The van der Waals surface area contributed by atoms with Crippen LogP contribution in [0, 0.1) is 18.3 Å². The molecule has 0 aliphatic carbocycles. The molecule has 3 rings (SSSR count). The Balaban J connectivity index is 1.74. The summed E-state index contributed by atoms with van der Waals surface area (Å²) in [5.41, 5.74) is 3.29. The van der Waals surface area contributed by atoms with Gasteiger partial charge in [0.05, 0.1) is 13.2 Å². The van der Waals surface area contributed by atoms with Crippen LogP contribution in [0.25, 0.3) is 6.08 Å². The lowest BCUT2D eigenvalue weighted by atomic mass is 10.1. The maximum atomic E-state index is 12.5. The first kappa shape index (κ1) is 19.0. The summed E-state index contributed by atoms with van der Waals surface area (Å²) in [6.07, 6.45) is 1.58. The molecule has 0 spiro atoms. The highest BCUT2D eigenvalue weighted by atomic mass is 35.5. The van der Waals surface area contributed by atoms with E-state index in [9.17, 15) is 10.1 Å². The number of hydrogen-bond acceptors (Lipinski definition) is 4. The van der Waals surface area contributed by atoms with Crippen LogP contribution in [0.5, 0.6) is 0 Å². The van der Waals surface area contributed by atoms with Gasteiger partial charge in [0.1, 0.15) is 11.6 Å². The van der Waals surface area contributed by atoms with Crippen molar-refractivity contribution in [2.75, 3.05) is 36.5 Å². The Kier molecular flexibility index (Phi) is 6.12. The molecule has 0 atom stereocenters. The van der Waals surface area contributed by atoms with Crippen LogP contribution in [0.3, 0.4) is 0 Å². The molecule has 6 heteroatoms. The largest absolute Gasteiger partial charge is 0.378 e. The zero-order valence-corrected chi connectivity index (χ0v) is 15.8. The van der Waals surface area contributed by atoms with Gasteiger partial charge in [-0.25, -0.2) is 0 Å². The van der Waals surface area contributed by atoms with Crippen LogP contribution < -0.4 is 10.2 Å². The number of anilines is 2. The maximum absolute atomic E-state index is 12.5. The molecular weight excluding hydrogens is 362 g/mol. The van der Waals surface area contributed by atoms with Gasteiger partial charge >= 0.3 is 0 Å². The number of ether oxygens (including phenoxy) is 1. The molecule has 2 aromatic carbocycles. The highest BCUT2D eigenvalue weighted by Crippen LogP contribution is 2.24. The lowest BCUT2D eigenvalue weighted by Crippen LogP contribution is -2.36. The average Bonchev–Trinajstić information content (AvgIpc) is 2.70. The minimum atomic E-state index is -0.458. The molecule has 2 aromatic rings. The number of carbonyl (C=O) groups excluding carboxylic acids is 1. The fraction of sp³-hybridized carbons (Fsp3) is 0.238. The summed E-state index contributed by atoms with van der Waals surface area (Å²) in [7, 11) is 0. The number of nitrogens with zero attached hydrogens (tertiary/aromatic N) is 2. The third kappa shape index (κ3) is 4.68. The predicted octanol–water partition coefficient (Wildman–Crippen LogP) is 4.03. The molecule has 1 aliphatic rings. The van der Waals surface area contributed by atoms with Gasteiger partial charge in [-0.05, 0) is 48.4 Å². The number of hydrogen-bond donors (Lipinski definition) is 1. The van der Waals surface area contributed by atoms with Crippen LogP contribution in [0.2, 0.25) is 5.02 Å². The average molecular weight is 382 g/mol. The first-order chi connectivity index (χ1) is 13.1. The number of nitriles is 1. The monoisotopic (exact) mass is 381 g/mol. The van der Waals surface area contributed by atoms with Crippen molar-refractivity contribution in [2.24, 2.45) is 0 Å². The highest BCUT2D eigenvalue weighted by Gasteiger charge is 2.13. The minimum Gasteiger partial charge on any atom is -0.378 e. The number of morpholine rings is 1. The molecule has 1 heterocycles. The number of amides is 1. The van der Waals surface area contributed by atoms with Gasteiger partial charge in [0.25, 0.3) is 5.91 Å². The van der Waals surface area contributed by atoms with Crippen molar-refractivity contribution in [3.8, 4) is 6.07 Å². The molecule has 27 heavy (non-hydrogen) atoms. The summed E-state index contributed by atoms with van der Waals surface area (Å²) in [6.45, 7) is 4.99. The highest BCUT2D eigenvalue weighted by molar-refractivity contribution is 6.31. The fourth-order valence-corrected chi connectivity index (χ4v) is 3.03. The van der Waals surface area contributed by atoms with Crippen molar-refractivity contribution in [3.63, 3.8) is 0 Å². The molecule has 1 saturated heterocycles. The first-order valence-corrected chi connectivity index (χ1v) is 9.07. The molecule has 0 saturated carbocycles. The van der Waals surface area contributed by atoms with E-state index in [1.807, 2.05) is 37.3 Å². The number of halogens is 1. The van der Waals surface area contributed by atoms with Gasteiger partial charge in [0, 0.05) is 29.5 Å². The molecule has 138 valence electrons. The maximum Gasteiger partial charge on any atom is 0.266 e. The van der Waals surface area contributed by atoms with Gasteiger partial charge in [0.2, 0.25) is 0 Å². The number of nitrogens with one attached hydrogen (secondary N) is 1. The molecule has 5 nitrogen and oxygen atoms in total. The zero-order chi connectivity index (χ0) is 19.2. The summed E-state index contributed by atoms with van der Waals surface area (Å²) in [5, 5.41) is 12.7. The summed E-state index contributed by atoms with van der Waals surface area (Å²) >= 11 is 6.08. The normalized spacial score (nSPS) is 14.6. The van der Waals surface area contributed by atoms with Crippen LogP contribution in [-0.4, -0.2) is 32.2 Å². The summed E-state index contributed by atoms with van der Waals surface area (Å²) in [5.74, 6) is -0.458. The van der Waals surface area contributed by atoms with Crippen LogP contribution >= 0.6 is 11.6 Å². The smallest absolute Gasteiger partial charge is 0.266 e. The molecular formula is C21H20ClN3O2. The minimum absolute atomic E-state index is 0.0356. The Morgan fingerprint density at radius 2 is 1.93 bits per heavy atom. The topological polar surface area (TPSA) is 65.4 Å².